The number of hydrogen-bond donors (Lipinski definition) is 4. The first kappa shape index (κ1) is 93.6. The second kappa shape index (κ2) is 52.5. The predicted molar refractivity (Wildman–Crippen MR) is 446 cm³/mol. The Morgan fingerprint density at radius 1 is 0.505 bits per heavy atom. The molecule has 0 spiro atoms. The molecule has 0 radical (unpaired) electrons. The van der Waals surface area contributed by atoms with Crippen molar-refractivity contribution >= 4 is 107 Å². The molecule has 5 aliphatic rings. The summed E-state index contributed by atoms with van der Waals surface area (Å²) in [5, 5.41) is 16.1. The number of rotatable bonds is 8. The van der Waals surface area contributed by atoms with Crippen LogP contribution in [0.1, 0.15) is 163 Å². The highest BCUT2D eigenvalue weighted by Gasteiger charge is 2.30. The number of ether oxygens (including phenoxy) is 4. The molecule has 9 unspecified atom stereocenters. The van der Waals surface area contributed by atoms with Crippen LogP contribution in [0.4, 0.5) is 33.2 Å². The highest BCUT2D eigenvalue weighted by Crippen LogP contribution is 2.35. The van der Waals surface area contributed by atoms with Gasteiger partial charge in [-0.05, 0) is 181 Å². The molecule has 12 rings (SSSR count). The lowest BCUT2D eigenvalue weighted by atomic mass is 9.94. The number of amides is 1. The minimum atomic E-state index is -0.716. The Bertz CT molecular complexity index is 3560. The van der Waals surface area contributed by atoms with Crippen molar-refractivity contribution in [2.24, 2.45) is 23.5 Å². The van der Waals surface area contributed by atoms with E-state index in [1.54, 1.807) is 19.2 Å². The number of alkyl carbamates (subject to hydrolysis) is 1. The van der Waals surface area contributed by atoms with Crippen LogP contribution in [-0.4, -0.2) is 110 Å². The van der Waals surface area contributed by atoms with Crippen LogP contribution in [0.25, 0.3) is 10.9 Å². The second-order valence-corrected chi connectivity index (χ2v) is 25.8. The summed E-state index contributed by atoms with van der Waals surface area (Å²) in [5.41, 5.74) is 18.9. The molecular weight excluding hydrogens is 1370 g/mol. The minimum Gasteiger partial charge on any atom is -0.481 e. The van der Waals surface area contributed by atoms with Crippen molar-refractivity contribution in [3.63, 3.8) is 0 Å². The number of carbonyl (C=O) groups is 5. The number of hydrogen-bond acceptors (Lipinski definition) is 16. The molecule has 0 aliphatic carbocycles. The summed E-state index contributed by atoms with van der Waals surface area (Å²) in [6, 6.07) is 50.6. The topological polar surface area (TPSA) is 218 Å². The van der Waals surface area contributed by atoms with Crippen molar-refractivity contribution in [1.82, 2.24) is 10.3 Å². The third-order valence-corrected chi connectivity index (χ3v) is 17.2. The maximum absolute atomic E-state index is 11.8. The third kappa shape index (κ3) is 32.2. The Morgan fingerprint density at radius 2 is 0.893 bits per heavy atom. The molecule has 0 fully saturated rings. The molecule has 1 aromatic heterocycles. The molecule has 5 aliphatic heterocycles. The minimum absolute atomic E-state index is 0.0418. The molecule has 1 amide bonds. The van der Waals surface area contributed by atoms with Crippen LogP contribution in [-0.2, 0) is 65.4 Å². The Balaban J connectivity index is 0.000000601. The zero-order valence-electron chi connectivity index (χ0n) is 64.8. The number of fused-ring (bicyclic) bond motifs is 6. The fourth-order valence-electron chi connectivity index (χ4n) is 11.0. The van der Waals surface area contributed by atoms with E-state index in [0.29, 0.717) is 51.4 Å². The number of benzene rings is 6. The molecule has 103 heavy (non-hydrogen) atoms. The predicted octanol–water partition coefficient (Wildman–Crippen LogP) is 17.9. The zero-order chi connectivity index (χ0) is 77.6. The van der Waals surface area contributed by atoms with E-state index in [2.05, 4.69) is 111 Å². The first-order valence-corrected chi connectivity index (χ1v) is 38.8. The van der Waals surface area contributed by atoms with E-state index in [9.17, 15) is 24.0 Å². The molecule has 0 saturated heterocycles. The largest absolute Gasteiger partial charge is 0.481 e. The number of anilines is 5. The van der Waals surface area contributed by atoms with E-state index in [1.807, 2.05) is 224 Å². The SMILES string of the molecule is CC.CC.CC.CC.CC.CC.CC(C)(C)OC(=O)NC1Cc2ccccc2N(P)C1.CCOC(=O)C1CNc2ccccc2C1.CCOC(=O)C1Cc2ccccc2N(P)C1.CCOC(=O)c1cnc2ccccc2c1.NC1Cc2ccccc2N(P)C1.O=C(O)C1Cc2ccccc2N(P)C1. The van der Waals surface area contributed by atoms with E-state index in [0.717, 1.165) is 66.6 Å². The van der Waals surface area contributed by atoms with E-state index in [-0.39, 0.29) is 53.8 Å². The third-order valence-electron chi connectivity index (χ3n) is 15.2. The molecule has 6 heterocycles. The standard InChI is InChI=1S/C14H21N2O2P.C12H16NO2P.C12H15NO2.C12H11NO2.C10H12NO2P.C9H13N2P.6C2H6/c1-14(2,3)18-13(17)15-11-8-10-6-4-5-7-12(10)16(19)9-11;1-2-15-12(14)10-7-9-5-3-4-6-11(9)13(16)8-10;2*1-2-15-12(14)10-7-9-5-3-4-6-11(9)13-8-10;12-10(13)8-5-7-3-1-2-4-9(7)11(14)6-8;10-8-5-7-3-1-2-4-9(7)11(12)6-8;6*1-2/h4-7,11H,8-9,19H2,1-3H3,(H,15,17);3-6,10H,2,7-8,16H2,1H3;3-6,10,13H,2,7-8H2,1H3;3-8H,2H2,1H3;1-4,8H,5-6,14H2,(H,12,13);1-4,8H,5-6,10,12H2;6*1-2H3. The van der Waals surface area contributed by atoms with Crippen LogP contribution in [0.2, 0.25) is 0 Å². The van der Waals surface area contributed by atoms with Crippen LogP contribution in [0.15, 0.2) is 158 Å². The summed E-state index contributed by atoms with van der Waals surface area (Å²) >= 11 is 0. The number of pyridine rings is 1. The number of para-hydroxylation sites is 6. The number of nitrogens with zero attached hydrogens (tertiary/aromatic N) is 5. The lowest BCUT2D eigenvalue weighted by Gasteiger charge is -2.33. The number of aromatic nitrogens is 1. The number of nitrogens with two attached hydrogens (primary N) is 1. The molecular formula is C81H124N8O10P4. The average Bonchev–Trinajstić information content (AvgIpc) is 0.816. The maximum atomic E-state index is 11.8. The maximum Gasteiger partial charge on any atom is 0.407 e. The second-order valence-electron chi connectivity index (χ2n) is 23.4. The van der Waals surface area contributed by atoms with E-state index in [1.165, 1.54) is 39.3 Å². The van der Waals surface area contributed by atoms with Gasteiger partial charge in [-0.15, -0.1) is 0 Å². The van der Waals surface area contributed by atoms with Crippen LogP contribution in [0.5, 0.6) is 0 Å². The summed E-state index contributed by atoms with van der Waals surface area (Å²) in [6.45, 7) is 40.0. The quantitative estimate of drug-likeness (QED) is 0.0631. The summed E-state index contributed by atoms with van der Waals surface area (Å²) < 4.78 is 28.5. The number of nitrogens with one attached hydrogen (secondary N) is 2. The summed E-state index contributed by atoms with van der Waals surface area (Å²) in [7, 11) is 10.6. The lowest BCUT2D eigenvalue weighted by Crippen LogP contribution is -2.47. The fraction of sp³-hybridized carbons (Fsp3) is 0.457. The molecule has 0 bridgehead atoms. The van der Waals surface area contributed by atoms with Gasteiger partial charge in [-0.1, -0.05) is 192 Å². The average molecular weight is 1490 g/mol. The van der Waals surface area contributed by atoms with Crippen molar-refractivity contribution in [3.05, 3.63) is 191 Å². The molecule has 9 atom stereocenters. The molecule has 18 nitrogen and oxygen atoms in total. The molecule has 568 valence electrons. The van der Waals surface area contributed by atoms with Gasteiger partial charge in [0.2, 0.25) is 0 Å². The monoisotopic (exact) mass is 1490 g/mol. The van der Waals surface area contributed by atoms with Gasteiger partial charge in [0.05, 0.1) is 54.7 Å². The lowest BCUT2D eigenvalue weighted by molar-refractivity contribution is -0.148. The molecule has 6 aromatic carbocycles. The number of carboxylic acids is 1. The fourth-order valence-corrected chi connectivity index (χ4v) is 13.0. The molecule has 0 saturated carbocycles. The van der Waals surface area contributed by atoms with Crippen LogP contribution >= 0.6 is 37.6 Å². The van der Waals surface area contributed by atoms with Gasteiger partial charge in [0.25, 0.3) is 0 Å². The first-order chi connectivity index (χ1) is 49.6. The summed E-state index contributed by atoms with van der Waals surface area (Å²) in [4.78, 5) is 61.5. The number of esters is 3. The summed E-state index contributed by atoms with van der Waals surface area (Å²) in [6.07, 6.45) is 5.22. The molecule has 7 aromatic rings. The van der Waals surface area contributed by atoms with Crippen LogP contribution in [0, 0.1) is 17.8 Å². The smallest absolute Gasteiger partial charge is 0.407 e. The Kier molecular flexibility index (Phi) is 47.7. The highest BCUT2D eigenvalue weighted by atomic mass is 31.0. The van der Waals surface area contributed by atoms with Crippen molar-refractivity contribution in [2.45, 2.75) is 174 Å². The molecule has 5 N–H and O–H groups in total. The van der Waals surface area contributed by atoms with Crippen molar-refractivity contribution in [1.29, 1.82) is 0 Å². The van der Waals surface area contributed by atoms with Crippen LogP contribution in [0.3, 0.4) is 0 Å². The van der Waals surface area contributed by atoms with E-state index < -0.39 is 11.6 Å². The van der Waals surface area contributed by atoms with E-state index >= 15 is 0 Å². The first-order valence-electron chi connectivity index (χ1n) is 36.7. The van der Waals surface area contributed by atoms with Gasteiger partial charge in [0.1, 0.15) is 5.60 Å². The number of carbonyl (C=O) groups excluding carboxylic acids is 4. The Hall–Kier alpha value is -7.44. The normalized spacial score (nSPS) is 16.4. The van der Waals surface area contributed by atoms with Gasteiger partial charge >= 0.3 is 30.0 Å². The Morgan fingerprint density at radius 3 is 1.38 bits per heavy atom. The number of carboxylic acid groups (broad SMARTS) is 1. The van der Waals surface area contributed by atoms with Gasteiger partial charge in [-0.3, -0.25) is 19.4 Å². The molecule has 22 heteroatoms. The van der Waals surface area contributed by atoms with Gasteiger partial charge in [-0.2, -0.15) is 0 Å². The van der Waals surface area contributed by atoms with Gasteiger partial charge in [-0.25, -0.2) is 9.59 Å². The van der Waals surface area contributed by atoms with Crippen molar-refractivity contribution in [3.8, 4) is 0 Å². The Labute approximate surface area is 627 Å². The van der Waals surface area contributed by atoms with E-state index in [4.69, 9.17) is 29.8 Å². The zero-order valence-corrected chi connectivity index (χ0v) is 69.5. The van der Waals surface area contributed by atoms with Gasteiger partial charge < -0.3 is 59.1 Å². The van der Waals surface area contributed by atoms with Gasteiger partial charge in [0, 0.05) is 78.8 Å². The van der Waals surface area contributed by atoms with Crippen molar-refractivity contribution in [2.75, 3.05) is 76.5 Å². The highest BCUT2D eigenvalue weighted by molar-refractivity contribution is 7.19. The van der Waals surface area contributed by atoms with Crippen molar-refractivity contribution < 1.29 is 48.0 Å². The summed E-state index contributed by atoms with van der Waals surface area (Å²) in [5.74, 6) is -1.61. The number of aliphatic carboxylic acids is 1. The van der Waals surface area contributed by atoms with Crippen LogP contribution < -0.4 is 35.0 Å². The van der Waals surface area contributed by atoms with Gasteiger partial charge in [0.15, 0.2) is 0 Å².